The summed E-state index contributed by atoms with van der Waals surface area (Å²) < 4.78 is 4.39. The average molecular weight is 667 g/mol. The Morgan fingerprint density at radius 3 is 1.62 bits per heavy atom. The zero-order chi connectivity index (χ0) is 34.4. The van der Waals surface area contributed by atoms with Crippen LogP contribution in [0.15, 0.2) is 182 Å². The van der Waals surface area contributed by atoms with Crippen LogP contribution < -0.4 is 0 Å². The van der Waals surface area contributed by atoms with Gasteiger partial charge in [-0.25, -0.2) is 19.6 Å². The summed E-state index contributed by atoms with van der Waals surface area (Å²) in [5.41, 5.74) is 10.5. The summed E-state index contributed by atoms with van der Waals surface area (Å²) >= 11 is 0. The molecule has 0 spiro atoms. The van der Waals surface area contributed by atoms with Crippen molar-refractivity contribution in [3.8, 4) is 56.7 Å². The minimum absolute atomic E-state index is 0.636. The van der Waals surface area contributed by atoms with Crippen LogP contribution in [0.3, 0.4) is 0 Å². The zero-order valence-corrected chi connectivity index (χ0v) is 28.0. The predicted octanol–water partition coefficient (Wildman–Crippen LogP) is 11.0. The summed E-state index contributed by atoms with van der Waals surface area (Å²) in [6.07, 6.45) is 1.99. The van der Waals surface area contributed by atoms with Crippen molar-refractivity contribution in [3.63, 3.8) is 0 Å². The molecule has 0 unspecified atom stereocenters. The van der Waals surface area contributed by atoms with Crippen molar-refractivity contribution in [2.75, 3.05) is 0 Å². The molecule has 0 amide bonds. The van der Waals surface area contributed by atoms with Gasteiger partial charge in [-0.05, 0) is 59.7 Å². The zero-order valence-electron chi connectivity index (χ0n) is 28.0. The Balaban J connectivity index is 1.07. The maximum Gasteiger partial charge on any atom is 0.164 e. The molecule has 7 aromatic carbocycles. The Bertz CT molecular complexity index is 2820. The number of nitrogens with zero attached hydrogens (tertiary/aromatic N) is 6. The van der Waals surface area contributed by atoms with Crippen LogP contribution in [0.1, 0.15) is 0 Å². The summed E-state index contributed by atoms with van der Waals surface area (Å²) in [4.78, 5) is 14.8. The predicted molar refractivity (Wildman–Crippen MR) is 211 cm³/mol. The smallest absolute Gasteiger partial charge is 0.164 e. The standard InChI is InChI=1S/C46H30N6/c1-4-13-32(14-5-1)44-48-45(33-15-6-2-7-16-33)50-46(49-44)35-18-12-17-34(29-35)31-23-25-36(26-24-31)51-41-22-11-10-21-38(41)39-27-28-42-40(43(39)51)30-47-52(42)37-19-8-3-9-20-37/h1-30H. The lowest BCUT2D eigenvalue weighted by molar-refractivity contribution is 0.911. The summed E-state index contributed by atoms with van der Waals surface area (Å²) in [6, 6.07) is 60.7. The number of rotatable bonds is 6. The molecule has 6 heteroatoms. The van der Waals surface area contributed by atoms with Crippen molar-refractivity contribution in [3.05, 3.63) is 182 Å². The number of hydrogen-bond acceptors (Lipinski definition) is 4. The van der Waals surface area contributed by atoms with Gasteiger partial charge in [-0.2, -0.15) is 5.10 Å². The van der Waals surface area contributed by atoms with E-state index in [1.165, 1.54) is 10.8 Å². The van der Waals surface area contributed by atoms with Gasteiger partial charge in [-0.1, -0.05) is 127 Å². The first kappa shape index (κ1) is 29.7. The normalized spacial score (nSPS) is 11.5. The molecule has 3 aromatic heterocycles. The SMILES string of the molecule is c1ccc(-c2nc(-c3ccccc3)nc(-c3cccc(-c4ccc(-n5c6ccccc6c6ccc7c(cnn7-c7ccccc7)c65)cc4)c3)n2)cc1. The Hall–Kier alpha value is -7.18. The van der Waals surface area contributed by atoms with Crippen LogP contribution in [-0.2, 0) is 0 Å². The van der Waals surface area contributed by atoms with E-state index in [9.17, 15) is 0 Å². The second-order valence-electron chi connectivity index (χ2n) is 12.8. The first-order valence-corrected chi connectivity index (χ1v) is 17.3. The Morgan fingerprint density at radius 1 is 0.346 bits per heavy atom. The van der Waals surface area contributed by atoms with E-state index in [0.717, 1.165) is 61.1 Å². The average Bonchev–Trinajstić information content (AvgIpc) is 3.82. The van der Waals surface area contributed by atoms with Crippen molar-refractivity contribution in [2.24, 2.45) is 0 Å². The highest BCUT2D eigenvalue weighted by molar-refractivity contribution is 6.18. The van der Waals surface area contributed by atoms with Crippen LogP contribution >= 0.6 is 0 Å². The van der Waals surface area contributed by atoms with Gasteiger partial charge in [0.15, 0.2) is 17.5 Å². The lowest BCUT2D eigenvalue weighted by atomic mass is 10.0. The second kappa shape index (κ2) is 12.3. The van der Waals surface area contributed by atoms with Gasteiger partial charge in [0, 0.05) is 38.5 Å². The largest absolute Gasteiger partial charge is 0.309 e. The van der Waals surface area contributed by atoms with Gasteiger partial charge in [0.25, 0.3) is 0 Å². The Labute approximate surface area is 300 Å². The minimum Gasteiger partial charge on any atom is -0.309 e. The van der Waals surface area contributed by atoms with Crippen molar-refractivity contribution >= 4 is 32.7 Å². The highest BCUT2D eigenvalue weighted by atomic mass is 15.3. The van der Waals surface area contributed by atoms with Crippen LogP contribution in [0.4, 0.5) is 0 Å². The van der Waals surface area contributed by atoms with Gasteiger partial charge in [-0.3, -0.25) is 0 Å². The van der Waals surface area contributed by atoms with Gasteiger partial charge in [0.05, 0.1) is 28.4 Å². The van der Waals surface area contributed by atoms with E-state index >= 15 is 0 Å². The third-order valence-electron chi connectivity index (χ3n) is 9.66. The van der Waals surface area contributed by atoms with Gasteiger partial charge in [-0.15, -0.1) is 0 Å². The topological polar surface area (TPSA) is 61.4 Å². The fourth-order valence-corrected chi connectivity index (χ4v) is 7.18. The molecule has 244 valence electrons. The molecule has 0 bridgehead atoms. The first-order valence-electron chi connectivity index (χ1n) is 17.3. The van der Waals surface area contributed by atoms with E-state index in [2.05, 4.69) is 102 Å². The maximum atomic E-state index is 4.95. The molecule has 0 aliphatic rings. The highest BCUT2D eigenvalue weighted by Gasteiger charge is 2.18. The van der Waals surface area contributed by atoms with Crippen LogP contribution in [0.5, 0.6) is 0 Å². The molecule has 52 heavy (non-hydrogen) atoms. The van der Waals surface area contributed by atoms with E-state index in [1.807, 2.05) is 89.7 Å². The van der Waals surface area contributed by atoms with E-state index < -0.39 is 0 Å². The van der Waals surface area contributed by atoms with Crippen LogP contribution in [-0.4, -0.2) is 29.3 Å². The van der Waals surface area contributed by atoms with Crippen molar-refractivity contribution in [2.45, 2.75) is 0 Å². The Kier molecular flexibility index (Phi) is 7.03. The Morgan fingerprint density at radius 2 is 0.923 bits per heavy atom. The number of fused-ring (bicyclic) bond motifs is 5. The molecule has 0 saturated carbocycles. The molecule has 0 saturated heterocycles. The second-order valence-corrected chi connectivity index (χ2v) is 12.8. The molecule has 6 nitrogen and oxygen atoms in total. The van der Waals surface area contributed by atoms with Crippen molar-refractivity contribution < 1.29 is 0 Å². The fraction of sp³-hybridized carbons (Fsp3) is 0. The summed E-state index contributed by atoms with van der Waals surface area (Å²) in [7, 11) is 0. The molecular formula is C46H30N6. The van der Waals surface area contributed by atoms with E-state index in [0.29, 0.717) is 17.5 Å². The van der Waals surface area contributed by atoms with Crippen LogP contribution in [0.25, 0.3) is 89.4 Å². The van der Waals surface area contributed by atoms with E-state index in [4.69, 9.17) is 20.1 Å². The monoisotopic (exact) mass is 666 g/mol. The van der Waals surface area contributed by atoms with Crippen LogP contribution in [0.2, 0.25) is 0 Å². The number of benzene rings is 7. The summed E-state index contributed by atoms with van der Waals surface area (Å²) in [5, 5.41) is 8.37. The molecular weight excluding hydrogens is 637 g/mol. The third kappa shape index (κ3) is 5.05. The first-order chi connectivity index (χ1) is 25.8. The quantitative estimate of drug-likeness (QED) is 0.177. The van der Waals surface area contributed by atoms with E-state index in [-0.39, 0.29) is 0 Å². The van der Waals surface area contributed by atoms with Crippen molar-refractivity contribution in [1.82, 2.24) is 29.3 Å². The summed E-state index contributed by atoms with van der Waals surface area (Å²) in [6.45, 7) is 0. The summed E-state index contributed by atoms with van der Waals surface area (Å²) in [5.74, 6) is 1.93. The lowest BCUT2D eigenvalue weighted by Crippen LogP contribution is -2.00. The molecule has 0 fully saturated rings. The third-order valence-corrected chi connectivity index (χ3v) is 9.66. The van der Waals surface area contributed by atoms with Gasteiger partial charge >= 0.3 is 0 Å². The highest BCUT2D eigenvalue weighted by Crippen LogP contribution is 2.38. The molecule has 0 aliphatic heterocycles. The van der Waals surface area contributed by atoms with Gasteiger partial charge < -0.3 is 4.57 Å². The number of para-hydroxylation sites is 2. The number of hydrogen-bond donors (Lipinski definition) is 0. The van der Waals surface area contributed by atoms with E-state index in [1.54, 1.807) is 0 Å². The molecule has 0 radical (unpaired) electrons. The number of aromatic nitrogens is 6. The molecule has 0 aliphatic carbocycles. The minimum atomic E-state index is 0.636. The maximum absolute atomic E-state index is 4.95. The van der Waals surface area contributed by atoms with Crippen LogP contribution in [0, 0.1) is 0 Å². The molecule has 10 rings (SSSR count). The molecule has 0 atom stereocenters. The van der Waals surface area contributed by atoms with Crippen molar-refractivity contribution in [1.29, 1.82) is 0 Å². The fourth-order valence-electron chi connectivity index (χ4n) is 7.18. The molecule has 3 heterocycles. The lowest BCUT2D eigenvalue weighted by Gasteiger charge is -2.11. The van der Waals surface area contributed by atoms with Gasteiger partial charge in [0.1, 0.15) is 0 Å². The molecule has 0 N–H and O–H groups in total. The molecule has 10 aromatic rings. The van der Waals surface area contributed by atoms with Gasteiger partial charge in [0.2, 0.25) is 0 Å².